The SMILES string of the molecule is COc1c(N)cc(S(=O)(=O)NC(C)CC2CC2)cc1F. The van der Waals surface area contributed by atoms with E-state index in [1.807, 2.05) is 0 Å². The average molecular weight is 302 g/mol. The Labute approximate surface area is 118 Å². The van der Waals surface area contributed by atoms with Gasteiger partial charge in [0.05, 0.1) is 17.7 Å². The summed E-state index contributed by atoms with van der Waals surface area (Å²) in [5.74, 6) is -0.330. The van der Waals surface area contributed by atoms with E-state index in [9.17, 15) is 12.8 Å². The van der Waals surface area contributed by atoms with Crippen LogP contribution in [0, 0.1) is 11.7 Å². The highest BCUT2D eigenvalue weighted by molar-refractivity contribution is 7.89. The van der Waals surface area contributed by atoms with Crippen molar-refractivity contribution in [2.24, 2.45) is 5.92 Å². The molecule has 1 aromatic rings. The van der Waals surface area contributed by atoms with Crippen molar-refractivity contribution in [3.63, 3.8) is 0 Å². The van der Waals surface area contributed by atoms with E-state index in [4.69, 9.17) is 10.5 Å². The molecule has 0 amide bonds. The van der Waals surface area contributed by atoms with Crippen molar-refractivity contribution >= 4 is 15.7 Å². The maximum Gasteiger partial charge on any atom is 0.240 e. The predicted octanol–water partition coefficient (Wildman–Crippen LogP) is 1.88. The standard InChI is InChI=1S/C13H19FN2O3S/c1-8(5-9-3-4-9)16-20(17,18)10-6-11(14)13(19-2)12(15)7-10/h6-9,16H,3-5,15H2,1-2H3. The number of anilines is 1. The molecule has 0 aromatic heterocycles. The molecule has 0 spiro atoms. The van der Waals surface area contributed by atoms with E-state index in [0.29, 0.717) is 5.92 Å². The van der Waals surface area contributed by atoms with Gasteiger partial charge in [-0.1, -0.05) is 12.8 Å². The molecule has 1 fully saturated rings. The second-order valence-electron chi connectivity index (χ2n) is 5.23. The third-order valence-electron chi connectivity index (χ3n) is 3.30. The zero-order valence-corrected chi connectivity index (χ0v) is 12.3. The Balaban J connectivity index is 2.20. The fourth-order valence-electron chi connectivity index (χ4n) is 2.19. The lowest BCUT2D eigenvalue weighted by Gasteiger charge is -2.15. The molecule has 1 aromatic carbocycles. The molecular formula is C13H19FN2O3S. The maximum atomic E-state index is 13.7. The average Bonchev–Trinajstić information content (AvgIpc) is 3.11. The quantitative estimate of drug-likeness (QED) is 0.786. The topological polar surface area (TPSA) is 81.4 Å². The predicted molar refractivity (Wildman–Crippen MR) is 74.5 cm³/mol. The number of hydrogen-bond donors (Lipinski definition) is 2. The molecule has 0 saturated heterocycles. The van der Waals surface area contributed by atoms with Gasteiger partial charge in [0, 0.05) is 6.04 Å². The Kier molecular flexibility index (Phi) is 4.19. The van der Waals surface area contributed by atoms with Crippen LogP contribution in [-0.2, 0) is 10.0 Å². The van der Waals surface area contributed by atoms with Crippen LogP contribution in [0.25, 0.3) is 0 Å². The highest BCUT2D eigenvalue weighted by Gasteiger charge is 2.27. The molecule has 20 heavy (non-hydrogen) atoms. The third kappa shape index (κ3) is 3.40. The summed E-state index contributed by atoms with van der Waals surface area (Å²) >= 11 is 0. The first kappa shape index (κ1) is 15.1. The maximum absolute atomic E-state index is 13.7. The largest absolute Gasteiger partial charge is 0.492 e. The molecule has 2 rings (SSSR count). The van der Waals surface area contributed by atoms with Gasteiger partial charge >= 0.3 is 0 Å². The number of rotatable bonds is 6. The van der Waals surface area contributed by atoms with Crippen molar-refractivity contribution in [3.05, 3.63) is 17.9 Å². The molecule has 1 unspecified atom stereocenters. The van der Waals surface area contributed by atoms with Crippen LogP contribution in [0.2, 0.25) is 0 Å². The smallest absolute Gasteiger partial charge is 0.240 e. The molecule has 0 heterocycles. The van der Waals surface area contributed by atoms with Crippen molar-refractivity contribution in [1.29, 1.82) is 0 Å². The Bertz CT molecular complexity index is 577. The van der Waals surface area contributed by atoms with Gasteiger partial charge in [0.1, 0.15) is 0 Å². The number of nitrogens with two attached hydrogens (primary N) is 1. The van der Waals surface area contributed by atoms with Gasteiger partial charge < -0.3 is 10.5 Å². The molecule has 1 aliphatic carbocycles. The van der Waals surface area contributed by atoms with E-state index in [1.54, 1.807) is 6.92 Å². The number of hydrogen-bond acceptors (Lipinski definition) is 4. The van der Waals surface area contributed by atoms with Crippen LogP contribution < -0.4 is 15.2 Å². The highest BCUT2D eigenvalue weighted by Crippen LogP contribution is 2.34. The van der Waals surface area contributed by atoms with Gasteiger partial charge in [-0.05, 0) is 31.4 Å². The summed E-state index contributed by atoms with van der Waals surface area (Å²) in [4.78, 5) is -0.184. The number of halogens is 1. The zero-order valence-electron chi connectivity index (χ0n) is 11.5. The Morgan fingerprint density at radius 3 is 2.65 bits per heavy atom. The van der Waals surface area contributed by atoms with E-state index in [1.165, 1.54) is 13.2 Å². The lowest BCUT2D eigenvalue weighted by molar-refractivity contribution is 0.388. The Morgan fingerprint density at radius 1 is 1.50 bits per heavy atom. The van der Waals surface area contributed by atoms with E-state index in [-0.39, 0.29) is 22.4 Å². The molecule has 0 radical (unpaired) electrons. The number of methoxy groups -OCH3 is 1. The minimum absolute atomic E-state index is 0.0391. The summed E-state index contributed by atoms with van der Waals surface area (Å²) in [5, 5.41) is 0. The van der Waals surface area contributed by atoms with Crippen LogP contribution in [0.15, 0.2) is 17.0 Å². The Morgan fingerprint density at radius 2 is 2.15 bits per heavy atom. The van der Waals surface area contributed by atoms with E-state index >= 15 is 0 Å². The molecule has 7 heteroatoms. The van der Waals surface area contributed by atoms with Crippen LogP contribution in [0.1, 0.15) is 26.2 Å². The Hall–Kier alpha value is -1.34. The fraction of sp³-hybridized carbons (Fsp3) is 0.538. The monoisotopic (exact) mass is 302 g/mol. The molecule has 1 aliphatic rings. The summed E-state index contributed by atoms with van der Waals surface area (Å²) < 4.78 is 45.4. The molecule has 112 valence electrons. The van der Waals surface area contributed by atoms with Gasteiger partial charge in [-0.25, -0.2) is 17.5 Å². The number of benzene rings is 1. The van der Waals surface area contributed by atoms with Crippen molar-refractivity contribution in [2.75, 3.05) is 12.8 Å². The highest BCUT2D eigenvalue weighted by atomic mass is 32.2. The lowest BCUT2D eigenvalue weighted by Crippen LogP contribution is -2.33. The minimum atomic E-state index is -3.77. The van der Waals surface area contributed by atoms with Crippen molar-refractivity contribution in [3.8, 4) is 5.75 Å². The van der Waals surface area contributed by atoms with Crippen LogP contribution in [-0.4, -0.2) is 21.6 Å². The fourth-order valence-corrected chi connectivity index (χ4v) is 3.50. The van der Waals surface area contributed by atoms with Gasteiger partial charge in [-0.15, -0.1) is 0 Å². The molecule has 3 N–H and O–H groups in total. The second kappa shape index (κ2) is 5.57. The van der Waals surface area contributed by atoms with Crippen molar-refractivity contribution in [1.82, 2.24) is 4.72 Å². The number of nitrogen functional groups attached to an aromatic ring is 1. The molecule has 0 aliphatic heterocycles. The first-order chi connectivity index (χ1) is 9.33. The van der Waals surface area contributed by atoms with Crippen LogP contribution >= 0.6 is 0 Å². The van der Waals surface area contributed by atoms with E-state index in [2.05, 4.69) is 4.72 Å². The molecule has 1 atom stereocenters. The summed E-state index contributed by atoms with van der Waals surface area (Å²) in [5.41, 5.74) is 5.55. The zero-order chi connectivity index (χ0) is 14.9. The van der Waals surface area contributed by atoms with Crippen molar-refractivity contribution in [2.45, 2.75) is 37.1 Å². The summed E-state index contributed by atoms with van der Waals surface area (Å²) in [6.07, 6.45) is 3.10. The van der Waals surface area contributed by atoms with Gasteiger partial charge in [0.25, 0.3) is 0 Å². The van der Waals surface area contributed by atoms with Crippen LogP contribution in [0.3, 0.4) is 0 Å². The molecule has 0 bridgehead atoms. The molecule has 5 nitrogen and oxygen atoms in total. The summed E-state index contributed by atoms with van der Waals surface area (Å²) in [6.45, 7) is 1.80. The minimum Gasteiger partial charge on any atom is -0.492 e. The first-order valence-corrected chi connectivity index (χ1v) is 7.97. The van der Waals surface area contributed by atoms with E-state index < -0.39 is 15.8 Å². The first-order valence-electron chi connectivity index (χ1n) is 6.49. The number of ether oxygens (including phenoxy) is 1. The number of nitrogens with one attached hydrogen (secondary N) is 1. The van der Waals surface area contributed by atoms with Gasteiger partial charge in [0.2, 0.25) is 10.0 Å². The molecular weight excluding hydrogens is 283 g/mol. The van der Waals surface area contributed by atoms with Gasteiger partial charge in [0.15, 0.2) is 11.6 Å². The van der Waals surface area contributed by atoms with Gasteiger partial charge in [-0.2, -0.15) is 0 Å². The lowest BCUT2D eigenvalue weighted by atomic mass is 10.2. The third-order valence-corrected chi connectivity index (χ3v) is 4.87. The van der Waals surface area contributed by atoms with E-state index in [0.717, 1.165) is 25.3 Å². The van der Waals surface area contributed by atoms with Gasteiger partial charge in [-0.3, -0.25) is 0 Å². The van der Waals surface area contributed by atoms with Crippen molar-refractivity contribution < 1.29 is 17.5 Å². The number of sulfonamides is 1. The summed E-state index contributed by atoms with van der Waals surface area (Å²) in [6, 6.07) is 1.94. The van der Waals surface area contributed by atoms with Crippen LogP contribution in [0.4, 0.5) is 10.1 Å². The summed E-state index contributed by atoms with van der Waals surface area (Å²) in [7, 11) is -2.50. The second-order valence-corrected chi connectivity index (χ2v) is 6.94. The molecule has 1 saturated carbocycles. The van der Waals surface area contributed by atoms with Crippen LogP contribution in [0.5, 0.6) is 5.75 Å². The normalized spacial score (nSPS) is 16.9.